The molecule has 0 bridgehead atoms. The van der Waals surface area contributed by atoms with Crippen LogP contribution in [-0.4, -0.2) is 22.4 Å². The Bertz CT molecular complexity index is 1020. The van der Waals surface area contributed by atoms with Gasteiger partial charge in [0.05, 0.1) is 12.5 Å². The van der Waals surface area contributed by atoms with Crippen LogP contribution in [0.25, 0.3) is 17.0 Å². The average Bonchev–Trinajstić information content (AvgIpc) is 3.04. The molecular formula is C23H23N3O. The molecule has 0 radical (unpaired) electrons. The van der Waals surface area contributed by atoms with Crippen molar-refractivity contribution in [1.82, 2.24) is 9.47 Å². The van der Waals surface area contributed by atoms with E-state index in [0.29, 0.717) is 19.5 Å². The predicted molar refractivity (Wildman–Crippen MR) is 109 cm³/mol. The van der Waals surface area contributed by atoms with Gasteiger partial charge in [0.15, 0.2) is 0 Å². The van der Waals surface area contributed by atoms with Gasteiger partial charge in [0.2, 0.25) is 5.91 Å². The third-order valence-electron chi connectivity index (χ3n) is 4.73. The molecule has 4 nitrogen and oxygen atoms in total. The molecule has 0 aliphatic rings. The minimum absolute atomic E-state index is 0.0351. The monoisotopic (exact) mass is 357 g/mol. The molecule has 0 spiro atoms. The molecule has 1 aromatic heterocycles. The number of carbonyl (C=O) groups is 1. The van der Waals surface area contributed by atoms with E-state index in [1.54, 1.807) is 11.0 Å². The summed E-state index contributed by atoms with van der Waals surface area (Å²) in [5, 5.41) is 9.94. The number of aromatic nitrogens is 1. The van der Waals surface area contributed by atoms with Crippen molar-refractivity contribution in [3.63, 3.8) is 0 Å². The van der Waals surface area contributed by atoms with Gasteiger partial charge in [-0.3, -0.25) is 4.79 Å². The number of likely N-dealkylation sites (N-methyl/N-ethyl adjacent to an activating group) is 1. The molecule has 1 amide bonds. The van der Waals surface area contributed by atoms with E-state index < -0.39 is 0 Å². The maximum Gasteiger partial charge on any atom is 0.246 e. The summed E-state index contributed by atoms with van der Waals surface area (Å²) in [5.41, 5.74) is 4.39. The Morgan fingerprint density at radius 1 is 1.19 bits per heavy atom. The van der Waals surface area contributed by atoms with Gasteiger partial charge in [0.1, 0.15) is 0 Å². The molecule has 0 aliphatic heterocycles. The average molecular weight is 357 g/mol. The van der Waals surface area contributed by atoms with Crippen LogP contribution in [-0.2, 0) is 17.9 Å². The lowest BCUT2D eigenvalue weighted by atomic mass is 10.1. The number of benzene rings is 2. The second-order valence-corrected chi connectivity index (χ2v) is 6.66. The maximum atomic E-state index is 12.5. The number of fused-ring (bicyclic) bond motifs is 1. The van der Waals surface area contributed by atoms with E-state index in [-0.39, 0.29) is 5.91 Å². The molecule has 2 aromatic carbocycles. The molecule has 3 aromatic rings. The van der Waals surface area contributed by atoms with Gasteiger partial charge in [0, 0.05) is 48.9 Å². The van der Waals surface area contributed by atoms with Crippen LogP contribution in [0.2, 0.25) is 0 Å². The first-order valence-corrected chi connectivity index (χ1v) is 9.02. The van der Waals surface area contributed by atoms with Gasteiger partial charge in [-0.05, 0) is 30.2 Å². The number of carbonyl (C=O) groups excluding carboxylic acids is 1. The van der Waals surface area contributed by atoms with Crippen LogP contribution in [0.4, 0.5) is 0 Å². The molecule has 4 heteroatoms. The van der Waals surface area contributed by atoms with Crippen LogP contribution >= 0.6 is 0 Å². The van der Waals surface area contributed by atoms with Crippen molar-refractivity contribution in [2.24, 2.45) is 0 Å². The van der Waals surface area contributed by atoms with Crippen molar-refractivity contribution in [3.05, 3.63) is 77.5 Å². The summed E-state index contributed by atoms with van der Waals surface area (Å²) in [6, 6.07) is 18.3. The number of hydrogen-bond donors (Lipinski definition) is 0. The van der Waals surface area contributed by atoms with E-state index in [1.807, 2.05) is 61.8 Å². The van der Waals surface area contributed by atoms with Gasteiger partial charge < -0.3 is 9.47 Å². The highest BCUT2D eigenvalue weighted by molar-refractivity contribution is 5.96. The zero-order chi connectivity index (χ0) is 19.2. The standard InChI is InChI=1S/C23H23N3O/c1-18-8-3-4-9-19(18)16-25(2)23(27)13-12-20-17-26(15-7-14-24)22-11-6-5-10-21(20)22/h3-6,8-13,17H,7,15-16H2,1-2H3/b13-12+. The fraction of sp³-hybridized carbons (Fsp3) is 0.217. The highest BCUT2D eigenvalue weighted by Gasteiger charge is 2.09. The van der Waals surface area contributed by atoms with Crippen LogP contribution < -0.4 is 0 Å². The number of aryl methyl sites for hydroxylation is 2. The van der Waals surface area contributed by atoms with Gasteiger partial charge in [-0.2, -0.15) is 5.26 Å². The fourth-order valence-electron chi connectivity index (χ4n) is 3.17. The predicted octanol–water partition coefficient (Wildman–Crippen LogP) is 4.54. The summed E-state index contributed by atoms with van der Waals surface area (Å²) in [7, 11) is 1.81. The molecule has 0 N–H and O–H groups in total. The largest absolute Gasteiger partial charge is 0.346 e. The quantitative estimate of drug-likeness (QED) is 0.608. The molecule has 0 saturated carbocycles. The van der Waals surface area contributed by atoms with Crippen molar-refractivity contribution in [3.8, 4) is 6.07 Å². The summed E-state index contributed by atoms with van der Waals surface area (Å²) in [6.07, 6.45) is 5.95. The number of para-hydroxylation sites is 1. The van der Waals surface area contributed by atoms with Gasteiger partial charge in [-0.15, -0.1) is 0 Å². The van der Waals surface area contributed by atoms with Crippen LogP contribution in [0.3, 0.4) is 0 Å². The van der Waals surface area contributed by atoms with Crippen molar-refractivity contribution in [2.45, 2.75) is 26.4 Å². The first-order chi connectivity index (χ1) is 13.1. The normalized spacial score (nSPS) is 11.0. The highest BCUT2D eigenvalue weighted by atomic mass is 16.2. The SMILES string of the molecule is Cc1ccccc1CN(C)C(=O)/C=C/c1cn(CCC#N)c2ccccc12. The lowest BCUT2D eigenvalue weighted by Crippen LogP contribution is -2.24. The minimum Gasteiger partial charge on any atom is -0.346 e. The van der Waals surface area contributed by atoms with E-state index in [1.165, 1.54) is 5.56 Å². The minimum atomic E-state index is -0.0351. The topological polar surface area (TPSA) is 49.0 Å². The van der Waals surface area contributed by atoms with E-state index in [9.17, 15) is 4.79 Å². The van der Waals surface area contributed by atoms with Crippen molar-refractivity contribution >= 4 is 22.9 Å². The zero-order valence-electron chi connectivity index (χ0n) is 15.7. The molecule has 0 unspecified atom stereocenters. The molecule has 1 heterocycles. The molecule has 27 heavy (non-hydrogen) atoms. The molecular weight excluding hydrogens is 334 g/mol. The van der Waals surface area contributed by atoms with Crippen LogP contribution in [0.15, 0.2) is 60.8 Å². The third kappa shape index (κ3) is 4.27. The summed E-state index contributed by atoms with van der Waals surface area (Å²) < 4.78 is 2.07. The smallest absolute Gasteiger partial charge is 0.246 e. The van der Waals surface area contributed by atoms with E-state index >= 15 is 0 Å². The second-order valence-electron chi connectivity index (χ2n) is 6.66. The lowest BCUT2D eigenvalue weighted by Gasteiger charge is -2.16. The summed E-state index contributed by atoms with van der Waals surface area (Å²) in [4.78, 5) is 14.3. The Morgan fingerprint density at radius 3 is 2.70 bits per heavy atom. The maximum absolute atomic E-state index is 12.5. The Balaban J connectivity index is 1.78. The molecule has 0 atom stereocenters. The third-order valence-corrected chi connectivity index (χ3v) is 4.73. The Kier molecular flexibility index (Phi) is 5.73. The van der Waals surface area contributed by atoms with Crippen LogP contribution in [0.1, 0.15) is 23.1 Å². The fourth-order valence-corrected chi connectivity index (χ4v) is 3.17. The summed E-state index contributed by atoms with van der Waals surface area (Å²) >= 11 is 0. The Morgan fingerprint density at radius 2 is 1.93 bits per heavy atom. The second kappa shape index (κ2) is 8.37. The molecule has 0 fully saturated rings. The Hall–Kier alpha value is -3.32. The van der Waals surface area contributed by atoms with Gasteiger partial charge >= 0.3 is 0 Å². The number of amides is 1. The summed E-state index contributed by atoms with van der Waals surface area (Å²) in [6.45, 7) is 3.28. The van der Waals surface area contributed by atoms with Gasteiger partial charge in [-0.1, -0.05) is 42.5 Å². The van der Waals surface area contributed by atoms with Crippen LogP contribution in [0, 0.1) is 18.3 Å². The lowest BCUT2D eigenvalue weighted by molar-refractivity contribution is -0.125. The Labute approximate surface area is 159 Å². The number of rotatable bonds is 6. The zero-order valence-corrected chi connectivity index (χ0v) is 15.7. The van der Waals surface area contributed by atoms with Crippen LogP contribution in [0.5, 0.6) is 0 Å². The van der Waals surface area contributed by atoms with Crippen molar-refractivity contribution in [2.75, 3.05) is 7.05 Å². The van der Waals surface area contributed by atoms with E-state index in [2.05, 4.69) is 23.6 Å². The first kappa shape index (κ1) is 18.5. The molecule has 3 rings (SSSR count). The van der Waals surface area contributed by atoms with Gasteiger partial charge in [-0.25, -0.2) is 0 Å². The number of nitriles is 1. The van der Waals surface area contributed by atoms with Crippen molar-refractivity contribution in [1.29, 1.82) is 5.26 Å². The summed E-state index contributed by atoms with van der Waals surface area (Å²) in [5.74, 6) is -0.0351. The first-order valence-electron chi connectivity index (χ1n) is 9.02. The highest BCUT2D eigenvalue weighted by Crippen LogP contribution is 2.23. The van der Waals surface area contributed by atoms with E-state index in [0.717, 1.165) is 22.0 Å². The molecule has 136 valence electrons. The number of nitrogens with zero attached hydrogens (tertiary/aromatic N) is 3. The van der Waals surface area contributed by atoms with Crippen molar-refractivity contribution < 1.29 is 4.79 Å². The van der Waals surface area contributed by atoms with Gasteiger partial charge in [0.25, 0.3) is 0 Å². The molecule has 0 saturated heterocycles. The molecule has 0 aliphatic carbocycles. The van der Waals surface area contributed by atoms with E-state index in [4.69, 9.17) is 5.26 Å². The number of hydrogen-bond acceptors (Lipinski definition) is 2.